The number of aliphatic hydroxyl groups excluding tert-OH is 1. The highest BCUT2D eigenvalue weighted by Crippen LogP contribution is 2.47. The molecule has 2 aromatic rings. The summed E-state index contributed by atoms with van der Waals surface area (Å²) >= 11 is 0. The summed E-state index contributed by atoms with van der Waals surface area (Å²) < 4.78 is 10.5. The number of rotatable bonds is 7. The second-order valence-electron chi connectivity index (χ2n) is 7.12. The molecule has 1 saturated carbocycles. The molecular weight excluding hydrogens is 320 g/mol. The van der Waals surface area contributed by atoms with E-state index in [1.807, 2.05) is 30.3 Å². The third-order valence-corrected chi connectivity index (χ3v) is 5.14. The Kier molecular flexibility index (Phi) is 5.08. The third kappa shape index (κ3) is 4.02. The Labute approximate surface area is 147 Å². The number of amides is 1. The number of carbonyl (C=O) groups excluding carboxylic acids is 1. The zero-order chi connectivity index (χ0) is 17.9. The van der Waals surface area contributed by atoms with E-state index in [9.17, 15) is 4.79 Å². The average molecular weight is 344 g/mol. The molecule has 134 valence electrons. The molecule has 2 N–H and O–H groups in total. The van der Waals surface area contributed by atoms with Crippen molar-refractivity contribution in [2.75, 3.05) is 6.61 Å². The molecule has 1 amide bonds. The van der Waals surface area contributed by atoms with Crippen molar-refractivity contribution >= 4 is 5.91 Å². The van der Waals surface area contributed by atoms with Gasteiger partial charge in [-0.05, 0) is 36.3 Å². The van der Waals surface area contributed by atoms with Crippen LogP contribution in [0.15, 0.2) is 40.9 Å². The number of nitrogens with one attached hydrogen (secondary N) is 1. The molecule has 1 aromatic heterocycles. The molecule has 0 spiro atoms. The second-order valence-corrected chi connectivity index (χ2v) is 7.12. The van der Waals surface area contributed by atoms with Crippen molar-refractivity contribution in [1.82, 2.24) is 10.5 Å². The predicted octanol–water partition coefficient (Wildman–Crippen LogP) is 2.32. The molecule has 0 saturated heterocycles. The van der Waals surface area contributed by atoms with Gasteiger partial charge in [-0.3, -0.25) is 4.79 Å². The number of ether oxygens (including phenoxy) is 1. The van der Waals surface area contributed by atoms with Crippen LogP contribution in [0.25, 0.3) is 0 Å². The summed E-state index contributed by atoms with van der Waals surface area (Å²) in [6.07, 6.45) is 1.68. The lowest BCUT2D eigenvalue weighted by molar-refractivity contribution is -0.127. The van der Waals surface area contributed by atoms with Crippen LogP contribution in [0, 0.1) is 11.3 Å². The molecule has 0 radical (unpaired) electrons. The van der Waals surface area contributed by atoms with Crippen LogP contribution in [0.5, 0.6) is 5.75 Å². The van der Waals surface area contributed by atoms with Gasteiger partial charge in [-0.25, -0.2) is 0 Å². The van der Waals surface area contributed by atoms with E-state index in [1.165, 1.54) is 0 Å². The van der Waals surface area contributed by atoms with Crippen LogP contribution in [-0.4, -0.2) is 28.8 Å². The van der Waals surface area contributed by atoms with Gasteiger partial charge in [-0.2, -0.15) is 0 Å². The van der Waals surface area contributed by atoms with Crippen LogP contribution < -0.4 is 10.1 Å². The lowest BCUT2D eigenvalue weighted by Gasteiger charge is -2.52. The maximum absolute atomic E-state index is 12.1. The Morgan fingerprint density at radius 2 is 2.16 bits per heavy atom. The number of hydrogen-bond donors (Lipinski definition) is 2. The number of hydrogen-bond acceptors (Lipinski definition) is 5. The Hall–Kier alpha value is -2.34. The lowest BCUT2D eigenvalue weighted by Crippen LogP contribution is -2.59. The van der Waals surface area contributed by atoms with E-state index >= 15 is 0 Å². The largest absolute Gasteiger partial charge is 0.484 e. The maximum Gasteiger partial charge on any atom is 0.258 e. The van der Waals surface area contributed by atoms with Gasteiger partial charge in [0.05, 0.1) is 5.69 Å². The summed E-state index contributed by atoms with van der Waals surface area (Å²) in [5.74, 6) is 1.47. The maximum atomic E-state index is 12.1. The highest BCUT2D eigenvalue weighted by Gasteiger charge is 2.48. The average Bonchev–Trinajstić information content (AvgIpc) is 3.08. The fourth-order valence-corrected chi connectivity index (χ4v) is 3.29. The lowest BCUT2D eigenvalue weighted by atomic mass is 9.57. The molecule has 0 aliphatic heterocycles. The van der Waals surface area contributed by atoms with Gasteiger partial charge in [0.25, 0.3) is 5.91 Å². The molecule has 2 atom stereocenters. The van der Waals surface area contributed by atoms with Gasteiger partial charge in [0.1, 0.15) is 12.4 Å². The minimum Gasteiger partial charge on any atom is -0.484 e. The van der Waals surface area contributed by atoms with E-state index in [2.05, 4.69) is 24.3 Å². The highest BCUT2D eigenvalue weighted by molar-refractivity contribution is 5.78. The van der Waals surface area contributed by atoms with E-state index < -0.39 is 0 Å². The molecule has 0 unspecified atom stereocenters. The monoisotopic (exact) mass is 344 g/mol. The summed E-state index contributed by atoms with van der Waals surface area (Å²) in [7, 11) is 0. The number of benzene rings is 1. The molecule has 1 heterocycles. The quantitative estimate of drug-likeness (QED) is 0.805. The smallest absolute Gasteiger partial charge is 0.258 e. The van der Waals surface area contributed by atoms with Crippen molar-refractivity contribution < 1.29 is 19.2 Å². The zero-order valence-electron chi connectivity index (χ0n) is 14.6. The van der Waals surface area contributed by atoms with Crippen molar-refractivity contribution in [1.29, 1.82) is 0 Å². The van der Waals surface area contributed by atoms with E-state index in [4.69, 9.17) is 14.4 Å². The van der Waals surface area contributed by atoms with Gasteiger partial charge < -0.3 is 19.7 Å². The molecule has 1 aliphatic rings. The first-order valence-electron chi connectivity index (χ1n) is 8.51. The van der Waals surface area contributed by atoms with E-state index in [0.29, 0.717) is 17.4 Å². The van der Waals surface area contributed by atoms with Crippen molar-refractivity contribution in [3.05, 3.63) is 47.9 Å². The van der Waals surface area contributed by atoms with Crippen LogP contribution in [0.4, 0.5) is 0 Å². The number of aliphatic hydroxyl groups is 1. The van der Waals surface area contributed by atoms with Crippen LogP contribution >= 0.6 is 0 Å². The fourth-order valence-electron chi connectivity index (χ4n) is 3.29. The first-order valence-corrected chi connectivity index (χ1v) is 8.51. The molecular formula is C19H24N2O4. The third-order valence-electron chi connectivity index (χ3n) is 5.14. The summed E-state index contributed by atoms with van der Waals surface area (Å²) in [6.45, 7) is 4.18. The SMILES string of the molecule is CC1(C)[C@H](Cc2cc(CO)on2)C[C@@H]1NC(=O)COc1ccccc1. The fraction of sp³-hybridized carbons (Fsp3) is 0.474. The number of nitrogens with zero attached hydrogens (tertiary/aromatic N) is 1. The van der Waals surface area contributed by atoms with Gasteiger partial charge in [0, 0.05) is 12.1 Å². The molecule has 6 nitrogen and oxygen atoms in total. The van der Waals surface area contributed by atoms with Gasteiger partial charge in [0.15, 0.2) is 12.4 Å². The van der Waals surface area contributed by atoms with Crippen molar-refractivity contribution in [3.8, 4) is 5.75 Å². The summed E-state index contributed by atoms with van der Waals surface area (Å²) in [6, 6.07) is 11.2. The van der Waals surface area contributed by atoms with Crippen LogP contribution in [0.2, 0.25) is 0 Å². The molecule has 0 bridgehead atoms. The highest BCUT2D eigenvalue weighted by atomic mass is 16.5. The van der Waals surface area contributed by atoms with Gasteiger partial charge in [-0.15, -0.1) is 0 Å². The van der Waals surface area contributed by atoms with Crippen molar-refractivity contribution in [2.24, 2.45) is 11.3 Å². The first-order chi connectivity index (χ1) is 12.0. The molecule has 25 heavy (non-hydrogen) atoms. The Balaban J connectivity index is 1.47. The molecule has 1 aliphatic carbocycles. The van der Waals surface area contributed by atoms with Crippen LogP contribution in [-0.2, 0) is 17.8 Å². The van der Waals surface area contributed by atoms with Crippen molar-refractivity contribution in [2.45, 2.75) is 39.3 Å². The summed E-state index contributed by atoms with van der Waals surface area (Å²) in [4.78, 5) is 12.1. The van der Waals surface area contributed by atoms with Crippen molar-refractivity contribution in [3.63, 3.8) is 0 Å². The van der Waals surface area contributed by atoms with E-state index in [0.717, 1.165) is 18.5 Å². The predicted molar refractivity (Wildman–Crippen MR) is 91.9 cm³/mol. The topological polar surface area (TPSA) is 84.6 Å². The van der Waals surface area contributed by atoms with Gasteiger partial charge in [0.2, 0.25) is 0 Å². The van der Waals surface area contributed by atoms with E-state index in [1.54, 1.807) is 6.07 Å². The number of para-hydroxylation sites is 1. The first kappa shape index (κ1) is 17.5. The minimum atomic E-state index is -0.138. The molecule has 1 aromatic carbocycles. The number of carbonyl (C=O) groups is 1. The molecule has 3 rings (SSSR count). The standard InChI is InChI=1S/C19H24N2O4/c1-19(2)13(8-14-10-16(11-22)25-21-14)9-17(19)20-18(23)12-24-15-6-4-3-5-7-15/h3-7,10,13,17,22H,8-9,11-12H2,1-2H3,(H,20,23)/t13-,17+/m1/s1. The van der Waals surface area contributed by atoms with Gasteiger partial charge >= 0.3 is 0 Å². The van der Waals surface area contributed by atoms with E-state index in [-0.39, 0.29) is 30.6 Å². The van der Waals surface area contributed by atoms with Crippen LogP contribution in [0.1, 0.15) is 31.7 Å². The number of aromatic nitrogens is 1. The second kappa shape index (κ2) is 7.27. The molecule has 1 fully saturated rings. The van der Waals surface area contributed by atoms with Gasteiger partial charge in [-0.1, -0.05) is 37.2 Å². The minimum absolute atomic E-state index is 0.0183. The Morgan fingerprint density at radius 1 is 1.40 bits per heavy atom. The summed E-state index contributed by atoms with van der Waals surface area (Å²) in [5.41, 5.74) is 0.820. The Bertz CT molecular complexity index is 711. The Morgan fingerprint density at radius 3 is 2.80 bits per heavy atom. The normalized spacial score (nSPS) is 21.4. The zero-order valence-corrected chi connectivity index (χ0v) is 14.6. The molecule has 6 heteroatoms. The van der Waals surface area contributed by atoms with Crippen LogP contribution in [0.3, 0.4) is 0 Å². The summed E-state index contributed by atoms with van der Waals surface area (Å²) in [5, 5.41) is 16.1.